The van der Waals surface area contributed by atoms with Crippen LogP contribution in [0.5, 0.6) is 0 Å². The Labute approximate surface area is 191 Å². The first-order chi connectivity index (χ1) is 15.4. The zero-order chi connectivity index (χ0) is 24.2. The lowest BCUT2D eigenvalue weighted by molar-refractivity contribution is 0.102. The van der Waals surface area contributed by atoms with Crippen molar-refractivity contribution in [2.45, 2.75) is 49.7 Å². The number of amides is 1. The molecule has 4 heterocycles. The van der Waals surface area contributed by atoms with Gasteiger partial charge in [-0.25, -0.2) is 22.9 Å². The molecule has 0 aliphatic carbocycles. The maximum Gasteiger partial charge on any atom is 0.275 e. The number of aliphatic imine (C=N–C) groups is 1. The van der Waals surface area contributed by atoms with Crippen molar-refractivity contribution < 1.29 is 13.4 Å². The number of nitrogens with one attached hydrogen (secondary N) is 1. The van der Waals surface area contributed by atoms with E-state index in [-0.39, 0.29) is 23.0 Å². The summed E-state index contributed by atoms with van der Waals surface area (Å²) in [5.74, 6) is -0.985. The number of carbonyl (C=O) groups is 1. The lowest BCUT2D eigenvalue weighted by atomic mass is 9.89. The summed E-state index contributed by atoms with van der Waals surface area (Å²) in [5, 5.41) is 11.0. The number of anilines is 1. The predicted octanol–water partition coefficient (Wildman–Crippen LogP) is 2.65. The number of hydrogen-bond acceptors (Lipinski definition) is 8. The molecular formula is C22H24FN7O2S. The Morgan fingerprint density at radius 3 is 2.76 bits per heavy atom. The monoisotopic (exact) mass is 469 g/mol. The summed E-state index contributed by atoms with van der Waals surface area (Å²) in [6.07, 6.45) is 1.76. The molecule has 0 fully saturated rings. The second kappa shape index (κ2) is 7.59. The van der Waals surface area contributed by atoms with Crippen molar-refractivity contribution in [2.75, 3.05) is 11.9 Å². The molecule has 0 aromatic carbocycles. The summed E-state index contributed by atoms with van der Waals surface area (Å²) < 4.78 is 32.4. The lowest BCUT2D eigenvalue weighted by Gasteiger charge is -2.44. The van der Waals surface area contributed by atoms with Gasteiger partial charge in [0.2, 0.25) is 0 Å². The van der Waals surface area contributed by atoms with Crippen LogP contribution >= 0.6 is 0 Å². The molecule has 33 heavy (non-hydrogen) atoms. The van der Waals surface area contributed by atoms with Crippen LogP contribution in [0, 0.1) is 24.1 Å². The van der Waals surface area contributed by atoms with Crippen LogP contribution < -0.4 is 11.1 Å². The van der Waals surface area contributed by atoms with E-state index in [9.17, 15) is 9.00 Å². The number of halogens is 1. The normalized spacial score (nSPS) is 27.6. The minimum Gasteiger partial charge on any atom is -0.386 e. The predicted molar refractivity (Wildman–Crippen MR) is 123 cm³/mol. The average molecular weight is 470 g/mol. The molecule has 3 atom stereocenters. The fourth-order valence-corrected chi connectivity index (χ4v) is 7.54. The van der Waals surface area contributed by atoms with E-state index < -0.39 is 37.0 Å². The van der Waals surface area contributed by atoms with Crippen molar-refractivity contribution in [3.05, 3.63) is 52.7 Å². The highest BCUT2D eigenvalue weighted by atomic mass is 32.2. The Morgan fingerprint density at radius 2 is 2.09 bits per heavy atom. The van der Waals surface area contributed by atoms with Crippen molar-refractivity contribution in [1.29, 1.82) is 5.26 Å². The van der Waals surface area contributed by atoms with Gasteiger partial charge >= 0.3 is 0 Å². The first kappa shape index (κ1) is 22.8. The number of aromatic nitrogens is 2. The fourth-order valence-electron chi connectivity index (χ4n) is 4.39. The van der Waals surface area contributed by atoms with Gasteiger partial charge in [-0.3, -0.25) is 9.79 Å². The number of rotatable bonds is 3. The van der Waals surface area contributed by atoms with Gasteiger partial charge in [-0.15, -0.1) is 0 Å². The van der Waals surface area contributed by atoms with Gasteiger partial charge in [0.25, 0.3) is 5.91 Å². The number of pyridine rings is 2. The van der Waals surface area contributed by atoms with Crippen LogP contribution in [0.15, 0.2) is 33.8 Å². The summed E-state index contributed by atoms with van der Waals surface area (Å²) >= 11 is 0. The molecule has 172 valence electrons. The van der Waals surface area contributed by atoms with Gasteiger partial charge in [0, 0.05) is 12.7 Å². The minimum absolute atomic E-state index is 0.0573. The SMILES string of the molecule is Cc1cc(C#N)cnc1C(=O)Nc1ccc(F)c([C@@]2(C)N=C(N)C(C)(C)S3(=O)=NCC[C@H]23)n1. The molecule has 2 aliphatic rings. The Bertz CT molecular complexity index is 1370. The van der Waals surface area contributed by atoms with Gasteiger partial charge in [0.1, 0.15) is 45.2 Å². The number of nitrogens with two attached hydrogens (primary N) is 1. The molecule has 3 N–H and O–H groups in total. The first-order valence-corrected chi connectivity index (χ1v) is 11.9. The van der Waals surface area contributed by atoms with Gasteiger partial charge < -0.3 is 11.1 Å². The van der Waals surface area contributed by atoms with Crippen LogP contribution in [-0.2, 0) is 15.3 Å². The molecule has 4 rings (SSSR count). The zero-order valence-electron chi connectivity index (χ0n) is 18.7. The number of hydrogen-bond donors (Lipinski definition) is 2. The van der Waals surface area contributed by atoms with E-state index in [1.165, 1.54) is 18.3 Å². The zero-order valence-corrected chi connectivity index (χ0v) is 19.5. The minimum atomic E-state index is -2.85. The molecule has 0 radical (unpaired) electrons. The van der Waals surface area contributed by atoms with Crippen LogP contribution in [0.2, 0.25) is 0 Å². The van der Waals surface area contributed by atoms with E-state index >= 15 is 4.39 Å². The number of fused-ring (bicyclic) bond motifs is 1. The molecule has 11 heteroatoms. The molecule has 0 bridgehead atoms. The van der Waals surface area contributed by atoms with Gasteiger partial charge in [-0.1, -0.05) is 0 Å². The summed E-state index contributed by atoms with van der Waals surface area (Å²) in [7, 11) is -2.85. The maximum absolute atomic E-state index is 15.1. The Morgan fingerprint density at radius 1 is 1.36 bits per heavy atom. The van der Waals surface area contributed by atoms with Gasteiger partial charge in [-0.2, -0.15) is 5.26 Å². The topological polar surface area (TPSA) is 146 Å². The number of carbonyl (C=O) groups excluding carboxylic acids is 1. The third-order valence-electron chi connectivity index (χ3n) is 6.38. The average Bonchev–Trinajstić information content (AvgIpc) is 3.18. The molecule has 2 aromatic heterocycles. The third kappa shape index (κ3) is 3.36. The van der Waals surface area contributed by atoms with Crippen molar-refractivity contribution in [2.24, 2.45) is 15.1 Å². The molecular weight excluding hydrogens is 445 g/mol. The Balaban J connectivity index is 1.75. The van der Waals surface area contributed by atoms with Gasteiger partial charge in [0.15, 0.2) is 0 Å². The van der Waals surface area contributed by atoms with E-state index in [2.05, 4.69) is 24.6 Å². The second-order valence-electron chi connectivity index (χ2n) is 8.84. The third-order valence-corrected chi connectivity index (χ3v) is 10.1. The van der Waals surface area contributed by atoms with Crippen LogP contribution in [0.1, 0.15) is 54.5 Å². The molecule has 0 saturated carbocycles. The fraction of sp³-hybridized carbons (Fsp3) is 0.409. The van der Waals surface area contributed by atoms with E-state index in [0.29, 0.717) is 24.1 Å². The summed E-state index contributed by atoms with van der Waals surface area (Å²) in [6, 6.07) is 6.03. The van der Waals surface area contributed by atoms with Crippen LogP contribution in [0.3, 0.4) is 0 Å². The Hall–Kier alpha value is -3.39. The second-order valence-corrected chi connectivity index (χ2v) is 11.8. The van der Waals surface area contributed by atoms with Gasteiger partial charge in [0.05, 0.1) is 20.5 Å². The van der Waals surface area contributed by atoms with Crippen LogP contribution in [0.4, 0.5) is 10.2 Å². The standard InChI is InChI=1S/C22H24FN7O2S/c1-12-9-13(10-24)11-26-17(12)19(31)29-16-6-5-14(23)18(28-16)22(4)15-7-8-27-33(15,32)21(2,3)20(25)30-22/h5-6,9,11,15H,7-8H2,1-4H3,(H2,25,30)(H,28,29,31)/t15-,22+,33?/m1/s1. The molecule has 0 saturated heterocycles. The first-order valence-electron chi connectivity index (χ1n) is 10.4. The van der Waals surface area contributed by atoms with Crippen molar-refractivity contribution in [1.82, 2.24) is 9.97 Å². The van der Waals surface area contributed by atoms with E-state index in [1.807, 2.05) is 6.07 Å². The number of aryl methyl sites for hydroxylation is 1. The number of nitrogens with zero attached hydrogens (tertiary/aromatic N) is 5. The highest BCUT2D eigenvalue weighted by molar-refractivity contribution is 7.96. The lowest BCUT2D eigenvalue weighted by Crippen LogP contribution is -2.58. The van der Waals surface area contributed by atoms with E-state index in [4.69, 9.17) is 11.0 Å². The highest BCUT2D eigenvalue weighted by Gasteiger charge is 2.57. The van der Waals surface area contributed by atoms with Crippen molar-refractivity contribution in [3.63, 3.8) is 0 Å². The molecule has 9 nitrogen and oxygen atoms in total. The van der Waals surface area contributed by atoms with Crippen LogP contribution in [0.25, 0.3) is 0 Å². The quantitative estimate of drug-likeness (QED) is 0.706. The number of nitriles is 1. The van der Waals surface area contributed by atoms with Crippen molar-refractivity contribution in [3.8, 4) is 6.07 Å². The summed E-state index contributed by atoms with van der Waals surface area (Å²) in [6.45, 7) is 7.16. The molecule has 2 aliphatic heterocycles. The van der Waals surface area contributed by atoms with E-state index in [0.717, 1.165) is 0 Å². The summed E-state index contributed by atoms with van der Waals surface area (Å²) in [5.41, 5.74) is 5.80. The molecule has 0 spiro atoms. The van der Waals surface area contributed by atoms with Gasteiger partial charge in [-0.05, 0) is 57.9 Å². The number of amidine groups is 1. The molecule has 1 unspecified atom stereocenters. The largest absolute Gasteiger partial charge is 0.386 e. The molecule has 2 aromatic rings. The highest BCUT2D eigenvalue weighted by Crippen LogP contribution is 2.47. The van der Waals surface area contributed by atoms with Crippen molar-refractivity contribution >= 4 is 27.3 Å². The Kier molecular flexibility index (Phi) is 5.24. The smallest absolute Gasteiger partial charge is 0.275 e. The summed E-state index contributed by atoms with van der Waals surface area (Å²) in [4.78, 5) is 25.7. The van der Waals surface area contributed by atoms with Crippen LogP contribution in [-0.4, -0.2) is 42.5 Å². The van der Waals surface area contributed by atoms with E-state index in [1.54, 1.807) is 33.8 Å². The molecule has 1 amide bonds. The maximum atomic E-state index is 15.1.